The molecule has 1 atom stereocenters. The van der Waals surface area contributed by atoms with Crippen molar-refractivity contribution in [2.45, 2.75) is 25.9 Å². The fourth-order valence-corrected chi connectivity index (χ4v) is 4.24. The average Bonchev–Trinajstić information content (AvgIpc) is 2.90. The van der Waals surface area contributed by atoms with Gasteiger partial charge in [0.1, 0.15) is 0 Å². The van der Waals surface area contributed by atoms with Gasteiger partial charge >= 0.3 is 0 Å². The van der Waals surface area contributed by atoms with Gasteiger partial charge in [-0.25, -0.2) is 8.42 Å². The summed E-state index contributed by atoms with van der Waals surface area (Å²) in [5.74, 6) is 0.815. The maximum atomic E-state index is 11.9. The number of guanidine groups is 1. The number of nitrogens with zero attached hydrogens (tertiary/aromatic N) is 1. The van der Waals surface area contributed by atoms with Crippen LogP contribution in [0.1, 0.15) is 29.3 Å². The number of hydrogen-bond acceptors (Lipinski definition) is 4. The van der Waals surface area contributed by atoms with Crippen LogP contribution in [0.2, 0.25) is 0 Å². The molecule has 0 aliphatic carbocycles. The molecule has 132 valence electrons. The molecule has 2 rings (SSSR count). The van der Waals surface area contributed by atoms with E-state index in [9.17, 15) is 13.2 Å². The molecular formula is C16H24N4O3S. The Bertz CT molecular complexity index is 716. The maximum absolute atomic E-state index is 11.9. The summed E-state index contributed by atoms with van der Waals surface area (Å²) in [5, 5.41) is 9.05. The van der Waals surface area contributed by atoms with Crippen LogP contribution in [-0.2, 0) is 16.4 Å². The molecule has 3 N–H and O–H groups in total. The summed E-state index contributed by atoms with van der Waals surface area (Å²) in [6.07, 6.45) is 0.593. The second-order valence-corrected chi connectivity index (χ2v) is 7.96. The van der Waals surface area contributed by atoms with Crippen LogP contribution >= 0.6 is 0 Å². The lowest BCUT2D eigenvalue weighted by atomic mass is 10.1. The van der Waals surface area contributed by atoms with Crippen molar-refractivity contribution in [2.75, 3.05) is 25.1 Å². The molecule has 1 saturated heterocycles. The first-order valence-electron chi connectivity index (χ1n) is 7.98. The van der Waals surface area contributed by atoms with Crippen molar-refractivity contribution in [2.24, 2.45) is 4.99 Å². The lowest BCUT2D eigenvalue weighted by Gasteiger charge is -2.16. The highest BCUT2D eigenvalue weighted by molar-refractivity contribution is 7.91. The van der Waals surface area contributed by atoms with Crippen LogP contribution in [0.4, 0.5) is 0 Å². The Hall–Kier alpha value is -2.09. The van der Waals surface area contributed by atoms with E-state index in [4.69, 9.17) is 0 Å². The van der Waals surface area contributed by atoms with Crippen LogP contribution < -0.4 is 16.0 Å². The Morgan fingerprint density at radius 1 is 1.33 bits per heavy atom. The van der Waals surface area contributed by atoms with E-state index < -0.39 is 9.84 Å². The average molecular weight is 352 g/mol. The highest BCUT2D eigenvalue weighted by atomic mass is 32.2. The SMILES string of the molecule is CCNC(=O)c1cccc(CNC(=NC)NC2CCS(=O)(=O)C2)c1. The first-order chi connectivity index (χ1) is 11.4. The van der Waals surface area contributed by atoms with Gasteiger partial charge < -0.3 is 16.0 Å². The molecule has 7 nitrogen and oxygen atoms in total. The Morgan fingerprint density at radius 2 is 2.12 bits per heavy atom. The number of amides is 1. The van der Waals surface area contributed by atoms with Crippen LogP contribution in [0, 0.1) is 0 Å². The molecule has 1 unspecified atom stereocenters. The van der Waals surface area contributed by atoms with Gasteiger partial charge in [-0.2, -0.15) is 0 Å². The first-order valence-corrected chi connectivity index (χ1v) is 9.80. The molecule has 1 fully saturated rings. The second-order valence-electron chi connectivity index (χ2n) is 5.73. The minimum atomic E-state index is -2.93. The topological polar surface area (TPSA) is 99.7 Å². The van der Waals surface area contributed by atoms with Gasteiger partial charge in [-0.05, 0) is 31.0 Å². The normalized spacial score (nSPS) is 19.8. The van der Waals surface area contributed by atoms with Gasteiger partial charge in [0.2, 0.25) is 0 Å². The first kappa shape index (κ1) is 18.3. The van der Waals surface area contributed by atoms with Crippen molar-refractivity contribution < 1.29 is 13.2 Å². The molecule has 1 aromatic carbocycles. The van der Waals surface area contributed by atoms with Crippen molar-refractivity contribution in [3.8, 4) is 0 Å². The maximum Gasteiger partial charge on any atom is 0.251 e. The summed E-state index contributed by atoms with van der Waals surface area (Å²) in [7, 11) is -1.28. The predicted octanol–water partition coefficient (Wildman–Crippen LogP) is 0.288. The van der Waals surface area contributed by atoms with Gasteiger partial charge in [-0.3, -0.25) is 9.79 Å². The predicted molar refractivity (Wildman–Crippen MR) is 94.8 cm³/mol. The summed E-state index contributed by atoms with van der Waals surface area (Å²) < 4.78 is 23.0. The van der Waals surface area contributed by atoms with E-state index in [1.165, 1.54) is 0 Å². The fourth-order valence-electron chi connectivity index (χ4n) is 2.57. The lowest BCUT2D eigenvalue weighted by Crippen LogP contribution is -2.43. The van der Waals surface area contributed by atoms with Gasteiger partial charge in [-0.15, -0.1) is 0 Å². The van der Waals surface area contributed by atoms with Crippen LogP contribution in [0.3, 0.4) is 0 Å². The molecule has 24 heavy (non-hydrogen) atoms. The van der Waals surface area contributed by atoms with E-state index in [1.54, 1.807) is 13.1 Å². The van der Waals surface area contributed by atoms with E-state index in [-0.39, 0.29) is 23.5 Å². The molecular weight excluding hydrogens is 328 g/mol. The molecule has 8 heteroatoms. The summed E-state index contributed by atoms with van der Waals surface area (Å²) >= 11 is 0. The number of hydrogen-bond donors (Lipinski definition) is 3. The number of nitrogens with one attached hydrogen (secondary N) is 3. The Balaban J connectivity index is 1.91. The van der Waals surface area contributed by atoms with Gasteiger partial charge in [0.25, 0.3) is 5.91 Å². The molecule has 0 bridgehead atoms. The molecule has 1 amide bonds. The fraction of sp³-hybridized carbons (Fsp3) is 0.500. The summed E-state index contributed by atoms with van der Waals surface area (Å²) in [5.41, 5.74) is 1.56. The smallest absolute Gasteiger partial charge is 0.251 e. The molecule has 0 spiro atoms. The van der Waals surface area contributed by atoms with Crippen molar-refractivity contribution in [3.63, 3.8) is 0 Å². The number of benzene rings is 1. The third-order valence-electron chi connectivity index (χ3n) is 3.78. The third-order valence-corrected chi connectivity index (χ3v) is 5.55. The van der Waals surface area contributed by atoms with Gasteiger partial charge in [-0.1, -0.05) is 12.1 Å². The van der Waals surface area contributed by atoms with Crippen LogP contribution in [0.15, 0.2) is 29.3 Å². The van der Waals surface area contributed by atoms with Crippen molar-refractivity contribution in [1.29, 1.82) is 0 Å². The standard InChI is InChI=1S/C16H24N4O3S/c1-3-18-15(21)13-6-4-5-12(9-13)10-19-16(17-2)20-14-7-8-24(22,23)11-14/h4-6,9,14H,3,7-8,10-11H2,1-2H3,(H,18,21)(H2,17,19,20). The molecule has 0 radical (unpaired) electrons. The van der Waals surface area contributed by atoms with Crippen molar-refractivity contribution in [3.05, 3.63) is 35.4 Å². The zero-order chi connectivity index (χ0) is 17.6. The Kier molecular flexibility index (Phi) is 6.19. The number of aliphatic imine (C=N–C) groups is 1. The number of rotatable bonds is 5. The largest absolute Gasteiger partial charge is 0.353 e. The molecule has 0 saturated carbocycles. The van der Waals surface area contributed by atoms with E-state index in [0.717, 1.165) is 5.56 Å². The molecule has 1 heterocycles. The zero-order valence-corrected chi connectivity index (χ0v) is 14.8. The summed E-state index contributed by atoms with van der Waals surface area (Å²) in [6.45, 7) is 2.96. The molecule has 1 aliphatic heterocycles. The minimum Gasteiger partial charge on any atom is -0.353 e. The van der Waals surface area contributed by atoms with Crippen LogP contribution in [0.25, 0.3) is 0 Å². The number of carbonyl (C=O) groups is 1. The third kappa shape index (κ3) is 5.23. The van der Waals surface area contributed by atoms with Crippen molar-refractivity contribution in [1.82, 2.24) is 16.0 Å². The van der Waals surface area contributed by atoms with E-state index in [1.807, 2.05) is 25.1 Å². The summed E-state index contributed by atoms with van der Waals surface area (Å²) in [6, 6.07) is 7.24. The number of carbonyl (C=O) groups excluding carboxylic acids is 1. The minimum absolute atomic E-state index is 0.0991. The van der Waals surface area contributed by atoms with E-state index in [0.29, 0.717) is 31.0 Å². The van der Waals surface area contributed by atoms with Crippen molar-refractivity contribution >= 4 is 21.7 Å². The highest BCUT2D eigenvalue weighted by Crippen LogP contribution is 2.11. The van der Waals surface area contributed by atoms with E-state index in [2.05, 4.69) is 20.9 Å². The van der Waals surface area contributed by atoms with Gasteiger partial charge in [0.05, 0.1) is 11.5 Å². The molecule has 1 aromatic rings. The quantitative estimate of drug-likeness (QED) is 0.522. The van der Waals surface area contributed by atoms with Gasteiger partial charge in [0, 0.05) is 31.7 Å². The monoisotopic (exact) mass is 352 g/mol. The highest BCUT2D eigenvalue weighted by Gasteiger charge is 2.28. The molecule has 0 aromatic heterocycles. The number of sulfone groups is 1. The van der Waals surface area contributed by atoms with Gasteiger partial charge in [0.15, 0.2) is 15.8 Å². The zero-order valence-electron chi connectivity index (χ0n) is 14.0. The Labute approximate surface area is 142 Å². The van der Waals surface area contributed by atoms with Crippen LogP contribution in [0.5, 0.6) is 0 Å². The van der Waals surface area contributed by atoms with Crippen LogP contribution in [-0.4, -0.2) is 51.4 Å². The molecule has 1 aliphatic rings. The van der Waals surface area contributed by atoms with E-state index >= 15 is 0 Å². The Morgan fingerprint density at radius 3 is 2.75 bits per heavy atom. The second kappa shape index (κ2) is 8.14. The lowest BCUT2D eigenvalue weighted by molar-refractivity contribution is 0.0955. The summed E-state index contributed by atoms with van der Waals surface area (Å²) in [4.78, 5) is 16.0.